The van der Waals surface area contributed by atoms with Crippen LogP contribution in [-0.2, 0) is 4.79 Å². The van der Waals surface area contributed by atoms with Gasteiger partial charge in [-0.15, -0.1) is 0 Å². The molecule has 0 saturated heterocycles. The minimum Gasteiger partial charge on any atom is -0.352 e. The van der Waals surface area contributed by atoms with Crippen molar-refractivity contribution in [1.82, 2.24) is 10.3 Å². The lowest BCUT2D eigenvalue weighted by Gasteiger charge is -2.16. The molecule has 1 heterocycles. The summed E-state index contributed by atoms with van der Waals surface area (Å²) in [5.41, 5.74) is 5.59. The fourth-order valence-corrected chi connectivity index (χ4v) is 1.63. The average molecular weight is 234 g/mol. The third-order valence-corrected chi connectivity index (χ3v) is 2.80. The van der Waals surface area contributed by atoms with Gasteiger partial charge in [-0.25, -0.2) is 4.79 Å². The van der Waals surface area contributed by atoms with Crippen molar-refractivity contribution in [3.8, 4) is 0 Å². The van der Waals surface area contributed by atoms with Gasteiger partial charge >= 0.3 is 6.03 Å². The van der Waals surface area contributed by atoms with E-state index in [2.05, 4.69) is 15.6 Å². The monoisotopic (exact) mass is 234 g/mol. The maximum absolute atomic E-state index is 12.0. The fraction of sp³-hybridized carbons (Fsp3) is 0.364. The second kappa shape index (κ2) is 4.04. The van der Waals surface area contributed by atoms with Crippen molar-refractivity contribution in [2.45, 2.75) is 25.3 Å². The molecule has 4 N–H and O–H groups in total. The number of aryl methyl sites for hydroxylation is 1. The Hall–Kier alpha value is -2.11. The third-order valence-electron chi connectivity index (χ3n) is 2.80. The molecular formula is C11H14N4O2. The number of rotatable bonds is 3. The number of pyridine rings is 1. The van der Waals surface area contributed by atoms with E-state index in [4.69, 9.17) is 5.73 Å². The number of hydrogen-bond donors (Lipinski definition) is 3. The molecule has 3 amide bonds. The van der Waals surface area contributed by atoms with Gasteiger partial charge in [-0.1, -0.05) is 0 Å². The first-order chi connectivity index (χ1) is 8.03. The Morgan fingerprint density at radius 1 is 1.47 bits per heavy atom. The van der Waals surface area contributed by atoms with Crippen LogP contribution in [0, 0.1) is 6.92 Å². The standard InChI is InChI=1S/C11H14N4O2/c1-7-8(3-2-6-13-7)14-9(16)11(4-5-11)15-10(12)17/h2-3,6H,4-5H2,1H3,(H,14,16)(H3,12,15,17). The molecule has 6 heteroatoms. The Bertz CT molecular complexity index is 468. The van der Waals surface area contributed by atoms with Gasteiger partial charge in [0.2, 0.25) is 5.91 Å². The van der Waals surface area contributed by atoms with Crippen molar-refractivity contribution in [3.63, 3.8) is 0 Å². The molecule has 0 spiro atoms. The Balaban J connectivity index is 2.08. The number of nitrogens with two attached hydrogens (primary N) is 1. The van der Waals surface area contributed by atoms with E-state index >= 15 is 0 Å². The van der Waals surface area contributed by atoms with E-state index in [1.165, 1.54) is 0 Å². The van der Waals surface area contributed by atoms with Crippen LogP contribution in [0.15, 0.2) is 18.3 Å². The molecule has 0 bridgehead atoms. The number of carbonyl (C=O) groups is 2. The normalized spacial score (nSPS) is 16.1. The summed E-state index contributed by atoms with van der Waals surface area (Å²) in [7, 11) is 0. The molecule has 1 aliphatic carbocycles. The molecule has 6 nitrogen and oxygen atoms in total. The number of aromatic nitrogens is 1. The van der Waals surface area contributed by atoms with E-state index in [0.717, 1.165) is 5.69 Å². The summed E-state index contributed by atoms with van der Waals surface area (Å²) >= 11 is 0. The van der Waals surface area contributed by atoms with Crippen LogP contribution in [0.25, 0.3) is 0 Å². The third kappa shape index (κ3) is 2.35. The predicted octanol–water partition coefficient (Wildman–Crippen LogP) is 0.529. The van der Waals surface area contributed by atoms with E-state index in [1.54, 1.807) is 25.3 Å². The number of carbonyl (C=O) groups excluding carboxylic acids is 2. The Morgan fingerprint density at radius 3 is 2.71 bits per heavy atom. The van der Waals surface area contributed by atoms with Crippen LogP contribution in [0.1, 0.15) is 18.5 Å². The number of primary amides is 1. The summed E-state index contributed by atoms with van der Waals surface area (Å²) in [6.45, 7) is 1.80. The van der Waals surface area contributed by atoms with Crippen LogP contribution in [0.5, 0.6) is 0 Å². The largest absolute Gasteiger partial charge is 0.352 e. The highest BCUT2D eigenvalue weighted by Gasteiger charge is 2.51. The molecule has 0 unspecified atom stereocenters. The van der Waals surface area contributed by atoms with Crippen LogP contribution in [0.4, 0.5) is 10.5 Å². The van der Waals surface area contributed by atoms with Crippen molar-refractivity contribution < 1.29 is 9.59 Å². The maximum atomic E-state index is 12.0. The molecule has 17 heavy (non-hydrogen) atoms. The van der Waals surface area contributed by atoms with Crippen LogP contribution in [0.2, 0.25) is 0 Å². The molecule has 2 rings (SSSR count). The molecule has 1 aliphatic rings. The van der Waals surface area contributed by atoms with E-state index in [9.17, 15) is 9.59 Å². The van der Waals surface area contributed by atoms with E-state index in [1.807, 2.05) is 0 Å². The van der Waals surface area contributed by atoms with Gasteiger partial charge < -0.3 is 16.4 Å². The SMILES string of the molecule is Cc1ncccc1NC(=O)C1(NC(N)=O)CC1. The van der Waals surface area contributed by atoms with E-state index < -0.39 is 11.6 Å². The second-order valence-corrected chi connectivity index (χ2v) is 4.16. The lowest BCUT2D eigenvalue weighted by molar-refractivity contribution is -0.118. The molecule has 0 aliphatic heterocycles. The molecule has 0 atom stereocenters. The minimum atomic E-state index is -0.825. The Kier molecular flexibility index (Phi) is 2.71. The molecule has 1 saturated carbocycles. The van der Waals surface area contributed by atoms with Crippen molar-refractivity contribution in [2.75, 3.05) is 5.32 Å². The summed E-state index contributed by atoms with van der Waals surface area (Å²) < 4.78 is 0. The average Bonchev–Trinajstić information content (AvgIpc) is 3.01. The first-order valence-corrected chi connectivity index (χ1v) is 5.34. The smallest absolute Gasteiger partial charge is 0.313 e. The quantitative estimate of drug-likeness (QED) is 0.711. The molecule has 1 aromatic heterocycles. The van der Waals surface area contributed by atoms with Crippen LogP contribution in [-0.4, -0.2) is 22.5 Å². The van der Waals surface area contributed by atoms with Crippen molar-refractivity contribution in [1.29, 1.82) is 0 Å². The highest BCUT2D eigenvalue weighted by molar-refractivity contribution is 6.02. The highest BCUT2D eigenvalue weighted by atomic mass is 16.2. The van der Waals surface area contributed by atoms with Gasteiger partial charge in [0.15, 0.2) is 0 Å². The molecule has 1 aromatic rings. The van der Waals surface area contributed by atoms with Crippen LogP contribution >= 0.6 is 0 Å². The lowest BCUT2D eigenvalue weighted by atomic mass is 10.2. The number of urea groups is 1. The van der Waals surface area contributed by atoms with Gasteiger partial charge in [0, 0.05) is 6.20 Å². The first-order valence-electron chi connectivity index (χ1n) is 5.34. The molecule has 0 aromatic carbocycles. The number of nitrogens with zero attached hydrogens (tertiary/aromatic N) is 1. The predicted molar refractivity (Wildman–Crippen MR) is 62.3 cm³/mol. The molecular weight excluding hydrogens is 220 g/mol. The second-order valence-electron chi connectivity index (χ2n) is 4.16. The number of nitrogens with one attached hydrogen (secondary N) is 2. The first kappa shape index (κ1) is 11.4. The molecule has 90 valence electrons. The summed E-state index contributed by atoms with van der Waals surface area (Å²) in [4.78, 5) is 26.8. The summed E-state index contributed by atoms with van der Waals surface area (Å²) in [6, 6.07) is 2.82. The minimum absolute atomic E-state index is 0.243. The van der Waals surface area contributed by atoms with Gasteiger partial charge in [-0.05, 0) is 31.9 Å². The van der Waals surface area contributed by atoms with Gasteiger partial charge in [0.1, 0.15) is 5.54 Å². The van der Waals surface area contributed by atoms with Gasteiger partial charge in [0.05, 0.1) is 11.4 Å². The Labute approximate surface area is 98.6 Å². The zero-order valence-corrected chi connectivity index (χ0v) is 9.49. The van der Waals surface area contributed by atoms with Crippen molar-refractivity contribution >= 4 is 17.6 Å². The summed E-state index contributed by atoms with van der Waals surface area (Å²) in [5, 5.41) is 5.22. The number of hydrogen-bond acceptors (Lipinski definition) is 3. The van der Waals surface area contributed by atoms with Crippen LogP contribution in [0.3, 0.4) is 0 Å². The molecule has 0 radical (unpaired) electrons. The van der Waals surface area contributed by atoms with Crippen molar-refractivity contribution in [2.24, 2.45) is 5.73 Å². The van der Waals surface area contributed by atoms with Crippen LogP contribution < -0.4 is 16.4 Å². The Morgan fingerprint density at radius 2 is 2.18 bits per heavy atom. The maximum Gasteiger partial charge on any atom is 0.313 e. The van der Waals surface area contributed by atoms with E-state index in [0.29, 0.717) is 18.5 Å². The fourth-order valence-electron chi connectivity index (χ4n) is 1.63. The molecule has 1 fully saturated rings. The summed E-state index contributed by atoms with van der Waals surface area (Å²) in [5.74, 6) is -0.243. The lowest BCUT2D eigenvalue weighted by Crippen LogP contribution is -2.48. The van der Waals surface area contributed by atoms with Gasteiger partial charge in [-0.2, -0.15) is 0 Å². The number of amides is 3. The topological polar surface area (TPSA) is 97.1 Å². The summed E-state index contributed by atoms with van der Waals surface area (Å²) in [6.07, 6.45) is 2.88. The zero-order chi connectivity index (χ0) is 12.5. The zero-order valence-electron chi connectivity index (χ0n) is 9.49. The van der Waals surface area contributed by atoms with E-state index in [-0.39, 0.29) is 5.91 Å². The van der Waals surface area contributed by atoms with Crippen molar-refractivity contribution in [3.05, 3.63) is 24.0 Å². The van der Waals surface area contributed by atoms with Gasteiger partial charge in [-0.3, -0.25) is 9.78 Å². The highest BCUT2D eigenvalue weighted by Crippen LogP contribution is 2.36. The van der Waals surface area contributed by atoms with Gasteiger partial charge in [0.25, 0.3) is 0 Å². The number of anilines is 1.